The molecule has 1 aliphatic heterocycles. The van der Waals surface area contributed by atoms with Crippen molar-refractivity contribution in [2.24, 2.45) is 10.8 Å². The highest BCUT2D eigenvalue weighted by Crippen LogP contribution is 2.23. The van der Waals surface area contributed by atoms with Gasteiger partial charge >= 0.3 is 0 Å². The molecule has 0 unspecified atom stereocenters. The Kier molecular flexibility index (Phi) is 3.89. The SMILES string of the molecule is CC1(C)COCCN1C(=NC1CCCC1)NN. The first-order valence-corrected chi connectivity index (χ1v) is 6.53. The summed E-state index contributed by atoms with van der Waals surface area (Å²) in [6, 6.07) is 0.444. The fraction of sp³-hybridized carbons (Fsp3) is 0.917. The molecule has 5 nitrogen and oxygen atoms in total. The Labute approximate surface area is 103 Å². The summed E-state index contributed by atoms with van der Waals surface area (Å²) in [6.45, 7) is 6.64. The van der Waals surface area contributed by atoms with E-state index in [1.807, 2.05) is 0 Å². The number of morpholine rings is 1. The van der Waals surface area contributed by atoms with E-state index in [0.29, 0.717) is 6.04 Å². The van der Waals surface area contributed by atoms with Crippen LogP contribution in [-0.2, 0) is 4.74 Å². The molecule has 2 aliphatic rings. The Balaban J connectivity index is 2.10. The molecule has 0 atom stereocenters. The van der Waals surface area contributed by atoms with E-state index in [-0.39, 0.29) is 5.54 Å². The Morgan fingerprint density at radius 2 is 2.12 bits per heavy atom. The van der Waals surface area contributed by atoms with Crippen molar-refractivity contribution in [3.05, 3.63) is 0 Å². The predicted molar refractivity (Wildman–Crippen MR) is 68.6 cm³/mol. The fourth-order valence-corrected chi connectivity index (χ4v) is 2.64. The highest BCUT2D eigenvalue weighted by Gasteiger charge is 2.33. The number of nitrogens with one attached hydrogen (secondary N) is 1. The van der Waals surface area contributed by atoms with Crippen LogP contribution >= 0.6 is 0 Å². The zero-order valence-corrected chi connectivity index (χ0v) is 10.9. The van der Waals surface area contributed by atoms with E-state index in [1.54, 1.807) is 0 Å². The van der Waals surface area contributed by atoms with Crippen molar-refractivity contribution in [3.8, 4) is 0 Å². The summed E-state index contributed by atoms with van der Waals surface area (Å²) < 4.78 is 5.51. The summed E-state index contributed by atoms with van der Waals surface area (Å²) >= 11 is 0. The van der Waals surface area contributed by atoms with Crippen molar-refractivity contribution in [2.75, 3.05) is 19.8 Å². The van der Waals surface area contributed by atoms with Crippen LogP contribution in [0.25, 0.3) is 0 Å². The number of nitrogens with two attached hydrogens (primary N) is 1. The van der Waals surface area contributed by atoms with E-state index >= 15 is 0 Å². The Morgan fingerprint density at radius 1 is 1.41 bits per heavy atom. The molecule has 1 saturated carbocycles. The van der Waals surface area contributed by atoms with Gasteiger partial charge in [-0.2, -0.15) is 0 Å². The van der Waals surface area contributed by atoms with Gasteiger partial charge in [-0.25, -0.2) is 10.8 Å². The third-order valence-corrected chi connectivity index (χ3v) is 3.66. The van der Waals surface area contributed by atoms with E-state index < -0.39 is 0 Å². The Morgan fingerprint density at radius 3 is 2.71 bits per heavy atom. The van der Waals surface area contributed by atoms with Crippen LogP contribution < -0.4 is 11.3 Å². The summed E-state index contributed by atoms with van der Waals surface area (Å²) in [4.78, 5) is 7.00. The average molecular weight is 240 g/mol. The molecule has 0 aromatic carbocycles. The molecule has 1 aliphatic carbocycles. The minimum atomic E-state index is -0.0396. The van der Waals surface area contributed by atoms with Gasteiger partial charge in [-0.15, -0.1) is 0 Å². The molecule has 0 aromatic rings. The van der Waals surface area contributed by atoms with E-state index in [2.05, 4.69) is 24.2 Å². The van der Waals surface area contributed by atoms with Crippen LogP contribution in [0.15, 0.2) is 4.99 Å². The van der Waals surface area contributed by atoms with E-state index in [1.165, 1.54) is 25.7 Å². The summed E-state index contributed by atoms with van der Waals surface area (Å²) in [6.07, 6.45) is 4.96. The largest absolute Gasteiger partial charge is 0.377 e. The third kappa shape index (κ3) is 2.90. The maximum absolute atomic E-state index is 5.64. The molecule has 0 bridgehead atoms. The molecule has 1 heterocycles. The Hall–Kier alpha value is -0.810. The van der Waals surface area contributed by atoms with Crippen LogP contribution in [0, 0.1) is 0 Å². The summed E-state index contributed by atoms with van der Waals surface area (Å²) in [5, 5.41) is 0. The van der Waals surface area contributed by atoms with Crippen molar-refractivity contribution in [1.82, 2.24) is 10.3 Å². The average Bonchev–Trinajstić information content (AvgIpc) is 2.79. The summed E-state index contributed by atoms with van der Waals surface area (Å²) in [5.74, 6) is 6.46. The van der Waals surface area contributed by atoms with Gasteiger partial charge in [0.25, 0.3) is 0 Å². The van der Waals surface area contributed by atoms with Gasteiger partial charge in [0, 0.05) is 6.54 Å². The van der Waals surface area contributed by atoms with Gasteiger partial charge in [0.1, 0.15) is 0 Å². The number of ether oxygens (including phenoxy) is 1. The van der Waals surface area contributed by atoms with Gasteiger partial charge < -0.3 is 9.64 Å². The second-order valence-electron chi connectivity index (χ2n) is 5.55. The van der Waals surface area contributed by atoms with Crippen molar-refractivity contribution in [2.45, 2.75) is 51.1 Å². The molecule has 17 heavy (non-hydrogen) atoms. The van der Waals surface area contributed by atoms with Crippen LogP contribution in [0.3, 0.4) is 0 Å². The lowest BCUT2D eigenvalue weighted by atomic mass is 10.0. The van der Waals surface area contributed by atoms with Crippen molar-refractivity contribution < 1.29 is 4.74 Å². The molecule has 2 rings (SSSR count). The maximum atomic E-state index is 5.64. The molecule has 0 radical (unpaired) electrons. The Bertz CT molecular complexity index is 284. The highest BCUT2D eigenvalue weighted by atomic mass is 16.5. The quantitative estimate of drug-likeness (QED) is 0.309. The lowest BCUT2D eigenvalue weighted by Crippen LogP contribution is -2.60. The first-order valence-electron chi connectivity index (χ1n) is 6.53. The van der Waals surface area contributed by atoms with E-state index in [0.717, 1.165) is 25.7 Å². The van der Waals surface area contributed by atoms with E-state index in [4.69, 9.17) is 15.6 Å². The van der Waals surface area contributed by atoms with Gasteiger partial charge in [0.2, 0.25) is 5.96 Å². The lowest BCUT2D eigenvalue weighted by Gasteiger charge is -2.43. The first-order chi connectivity index (χ1) is 8.13. The molecule has 3 N–H and O–H groups in total. The fourth-order valence-electron chi connectivity index (χ4n) is 2.64. The predicted octanol–water partition coefficient (Wildman–Crippen LogP) is 0.859. The van der Waals surface area contributed by atoms with Crippen LogP contribution in [0.2, 0.25) is 0 Å². The molecular formula is C12H24N4O. The van der Waals surface area contributed by atoms with Crippen LogP contribution in [0.4, 0.5) is 0 Å². The first kappa shape index (κ1) is 12.6. The van der Waals surface area contributed by atoms with Gasteiger partial charge in [-0.1, -0.05) is 12.8 Å². The third-order valence-electron chi connectivity index (χ3n) is 3.66. The van der Waals surface area contributed by atoms with Gasteiger partial charge in [-0.3, -0.25) is 5.43 Å². The van der Waals surface area contributed by atoms with Crippen LogP contribution in [0.1, 0.15) is 39.5 Å². The number of nitrogens with zero attached hydrogens (tertiary/aromatic N) is 2. The zero-order chi connectivity index (χ0) is 12.3. The van der Waals surface area contributed by atoms with Crippen molar-refractivity contribution in [1.29, 1.82) is 0 Å². The number of rotatable bonds is 1. The van der Waals surface area contributed by atoms with Crippen molar-refractivity contribution in [3.63, 3.8) is 0 Å². The summed E-state index contributed by atoms with van der Waals surface area (Å²) in [5.41, 5.74) is 2.74. The van der Waals surface area contributed by atoms with Gasteiger partial charge in [0.05, 0.1) is 24.8 Å². The second kappa shape index (κ2) is 5.23. The monoisotopic (exact) mass is 240 g/mol. The van der Waals surface area contributed by atoms with Gasteiger partial charge in [-0.05, 0) is 26.7 Å². The molecule has 1 saturated heterocycles. The molecule has 0 amide bonds. The molecule has 0 spiro atoms. The zero-order valence-electron chi connectivity index (χ0n) is 10.9. The highest BCUT2D eigenvalue weighted by molar-refractivity contribution is 5.80. The molecule has 2 fully saturated rings. The maximum Gasteiger partial charge on any atom is 0.209 e. The lowest BCUT2D eigenvalue weighted by molar-refractivity contribution is -0.0169. The number of guanidine groups is 1. The molecule has 5 heteroatoms. The number of hydrogen-bond acceptors (Lipinski definition) is 3. The normalized spacial score (nSPS) is 26.3. The number of hydrogen-bond donors (Lipinski definition) is 2. The van der Waals surface area contributed by atoms with Crippen molar-refractivity contribution >= 4 is 5.96 Å². The topological polar surface area (TPSA) is 62.9 Å². The molecular weight excluding hydrogens is 216 g/mol. The molecule has 0 aromatic heterocycles. The minimum absolute atomic E-state index is 0.0396. The standard InChI is InChI=1S/C12H24N4O/c1-12(2)9-17-8-7-16(12)11(15-13)14-10-5-3-4-6-10/h10H,3-9,13H2,1-2H3,(H,14,15). The van der Waals surface area contributed by atoms with Crippen LogP contribution in [0.5, 0.6) is 0 Å². The second-order valence-corrected chi connectivity index (χ2v) is 5.55. The van der Waals surface area contributed by atoms with E-state index in [9.17, 15) is 0 Å². The minimum Gasteiger partial charge on any atom is -0.377 e. The van der Waals surface area contributed by atoms with Gasteiger partial charge in [0.15, 0.2) is 0 Å². The van der Waals surface area contributed by atoms with Crippen LogP contribution in [-0.4, -0.2) is 42.2 Å². The number of hydrazine groups is 1. The molecule has 98 valence electrons. The summed E-state index contributed by atoms with van der Waals surface area (Å²) in [7, 11) is 0. The number of aliphatic imine (C=N–C) groups is 1. The smallest absolute Gasteiger partial charge is 0.209 e.